The van der Waals surface area contributed by atoms with Crippen molar-refractivity contribution in [1.82, 2.24) is 10.2 Å². The number of carbonyl (C=O) groups is 2. The average molecular weight is 410 g/mol. The highest BCUT2D eigenvalue weighted by Crippen LogP contribution is 2.30. The molecule has 0 radical (unpaired) electrons. The molecule has 0 aliphatic carbocycles. The van der Waals surface area contributed by atoms with Gasteiger partial charge in [-0.15, -0.1) is 6.58 Å². The fraction of sp³-hybridized carbons (Fsp3) is 0.333. The van der Waals surface area contributed by atoms with Gasteiger partial charge in [0.2, 0.25) is 5.91 Å². The normalized spacial score (nSPS) is 18.7. The molecule has 1 aliphatic rings. The lowest BCUT2D eigenvalue weighted by Crippen LogP contribution is -2.62. The largest absolute Gasteiger partial charge is 0.361 e. The predicted octanol–water partition coefficient (Wildman–Crippen LogP) is 3.35. The van der Waals surface area contributed by atoms with E-state index in [9.17, 15) is 14.0 Å². The molecule has 0 spiro atoms. The molecule has 1 aliphatic heterocycles. The number of hydrogen-bond donors (Lipinski definition) is 1. The molecule has 3 rings (SSSR count). The predicted molar refractivity (Wildman–Crippen MR) is 114 cm³/mol. The van der Waals surface area contributed by atoms with E-state index >= 15 is 0 Å². The monoisotopic (exact) mass is 410 g/mol. The summed E-state index contributed by atoms with van der Waals surface area (Å²) in [5.41, 5.74) is 1.44. The van der Waals surface area contributed by atoms with Gasteiger partial charge in [0.05, 0.1) is 13.2 Å². The second-order valence-corrected chi connectivity index (χ2v) is 7.35. The van der Waals surface area contributed by atoms with Crippen molar-refractivity contribution in [1.29, 1.82) is 0 Å². The van der Waals surface area contributed by atoms with E-state index in [0.717, 1.165) is 16.7 Å². The van der Waals surface area contributed by atoms with Crippen LogP contribution in [0.15, 0.2) is 61.2 Å². The minimum atomic E-state index is -1.21. The molecule has 30 heavy (non-hydrogen) atoms. The minimum Gasteiger partial charge on any atom is -0.361 e. The molecular weight excluding hydrogens is 383 g/mol. The Balaban J connectivity index is 1.98. The van der Waals surface area contributed by atoms with E-state index in [1.165, 1.54) is 12.1 Å². The number of hydrogen-bond acceptors (Lipinski definition) is 3. The van der Waals surface area contributed by atoms with Gasteiger partial charge in [-0.05, 0) is 28.8 Å². The van der Waals surface area contributed by atoms with E-state index in [0.29, 0.717) is 19.5 Å². The van der Waals surface area contributed by atoms with Crippen LogP contribution in [0.4, 0.5) is 4.39 Å². The molecule has 0 aromatic heterocycles. The van der Waals surface area contributed by atoms with Gasteiger partial charge in [-0.25, -0.2) is 4.39 Å². The zero-order chi connectivity index (χ0) is 21.6. The number of carbonyl (C=O) groups excluding carboxylic acids is 2. The summed E-state index contributed by atoms with van der Waals surface area (Å²) < 4.78 is 19.5. The highest BCUT2D eigenvalue weighted by atomic mass is 19.1. The first kappa shape index (κ1) is 21.7. The maximum Gasteiger partial charge on any atom is 0.254 e. The molecule has 5 nitrogen and oxygen atoms in total. The summed E-state index contributed by atoms with van der Waals surface area (Å²) in [6, 6.07) is 13.9. The van der Waals surface area contributed by atoms with Crippen LogP contribution in [-0.4, -0.2) is 48.6 Å². The van der Waals surface area contributed by atoms with Gasteiger partial charge in [-0.3, -0.25) is 9.59 Å². The summed E-state index contributed by atoms with van der Waals surface area (Å²) >= 11 is 0. The van der Waals surface area contributed by atoms with Gasteiger partial charge in [0.1, 0.15) is 5.82 Å². The number of ether oxygens (including phenoxy) is 1. The summed E-state index contributed by atoms with van der Waals surface area (Å²) in [7, 11) is 0. The number of benzene rings is 2. The van der Waals surface area contributed by atoms with Gasteiger partial charge in [0, 0.05) is 25.9 Å². The van der Waals surface area contributed by atoms with Crippen molar-refractivity contribution in [2.24, 2.45) is 0 Å². The topological polar surface area (TPSA) is 58.6 Å². The lowest BCUT2D eigenvalue weighted by Gasteiger charge is -2.42. The Kier molecular flexibility index (Phi) is 7.00. The van der Waals surface area contributed by atoms with Crippen LogP contribution in [0.1, 0.15) is 18.9 Å². The van der Waals surface area contributed by atoms with Gasteiger partial charge in [-0.2, -0.15) is 0 Å². The minimum absolute atomic E-state index is 0.00832. The molecule has 0 saturated carbocycles. The molecule has 158 valence electrons. The maximum atomic E-state index is 13.4. The Bertz CT molecular complexity index is 913. The molecule has 1 N–H and O–H groups in total. The average Bonchev–Trinajstić information content (AvgIpc) is 2.78. The van der Waals surface area contributed by atoms with E-state index in [2.05, 4.69) is 11.9 Å². The van der Waals surface area contributed by atoms with Crippen LogP contribution < -0.4 is 5.32 Å². The Morgan fingerprint density at radius 1 is 1.23 bits per heavy atom. The van der Waals surface area contributed by atoms with Crippen LogP contribution in [0.2, 0.25) is 0 Å². The van der Waals surface area contributed by atoms with E-state index in [1.807, 2.05) is 24.3 Å². The van der Waals surface area contributed by atoms with E-state index < -0.39 is 5.60 Å². The molecular formula is C24H27FN2O3. The van der Waals surface area contributed by atoms with Crippen molar-refractivity contribution >= 4 is 11.8 Å². The smallest absolute Gasteiger partial charge is 0.254 e. The standard InChI is InChI=1S/C24H27FN2O3/c1-3-13-26-23(29)24(17-27(14-15-30-24)22(28)4-2)16-19-7-5-6-8-21(19)18-9-11-20(25)12-10-18/h3,5-12H,1,4,13-17H2,2H3,(H,26,29). The van der Waals surface area contributed by atoms with Crippen LogP contribution in [0, 0.1) is 5.82 Å². The molecule has 1 atom stereocenters. The Hall–Kier alpha value is -2.99. The summed E-state index contributed by atoms with van der Waals surface area (Å²) in [5, 5.41) is 2.84. The molecule has 0 bridgehead atoms. The first-order chi connectivity index (χ1) is 14.5. The van der Waals surface area contributed by atoms with Crippen LogP contribution in [-0.2, 0) is 20.7 Å². The Labute approximate surface area is 176 Å². The molecule has 1 fully saturated rings. The third-order valence-corrected chi connectivity index (χ3v) is 5.31. The SMILES string of the molecule is C=CCNC(=O)C1(Cc2ccccc2-c2ccc(F)cc2)CN(C(=O)CC)CCO1. The first-order valence-electron chi connectivity index (χ1n) is 10.1. The van der Waals surface area contributed by atoms with Gasteiger partial charge in [0.15, 0.2) is 5.60 Å². The fourth-order valence-corrected chi connectivity index (χ4v) is 3.76. The molecule has 1 heterocycles. The van der Waals surface area contributed by atoms with Crippen molar-refractivity contribution in [3.05, 3.63) is 72.6 Å². The van der Waals surface area contributed by atoms with Crippen molar-refractivity contribution in [2.75, 3.05) is 26.2 Å². The second-order valence-electron chi connectivity index (χ2n) is 7.35. The molecule has 6 heteroatoms. The first-order valence-corrected chi connectivity index (χ1v) is 10.1. The molecule has 2 amide bonds. The number of morpholine rings is 1. The lowest BCUT2D eigenvalue weighted by atomic mass is 9.87. The second kappa shape index (κ2) is 9.67. The summed E-state index contributed by atoms with van der Waals surface area (Å²) in [4.78, 5) is 27.2. The third kappa shape index (κ3) is 4.76. The summed E-state index contributed by atoms with van der Waals surface area (Å²) in [5.74, 6) is -0.586. The van der Waals surface area contributed by atoms with E-state index in [4.69, 9.17) is 4.74 Å². The van der Waals surface area contributed by atoms with Crippen molar-refractivity contribution in [3.8, 4) is 11.1 Å². The van der Waals surface area contributed by atoms with Crippen LogP contribution >= 0.6 is 0 Å². The van der Waals surface area contributed by atoms with E-state index in [-0.39, 0.29) is 37.2 Å². The Morgan fingerprint density at radius 3 is 2.67 bits per heavy atom. The Morgan fingerprint density at radius 2 is 1.97 bits per heavy atom. The van der Waals surface area contributed by atoms with Crippen molar-refractivity contribution in [2.45, 2.75) is 25.4 Å². The molecule has 1 unspecified atom stereocenters. The zero-order valence-corrected chi connectivity index (χ0v) is 17.2. The van der Waals surface area contributed by atoms with Gasteiger partial charge < -0.3 is 15.0 Å². The number of rotatable bonds is 7. The highest BCUT2D eigenvalue weighted by molar-refractivity contribution is 5.88. The van der Waals surface area contributed by atoms with Crippen molar-refractivity contribution < 1.29 is 18.7 Å². The zero-order valence-electron chi connectivity index (χ0n) is 17.2. The highest BCUT2D eigenvalue weighted by Gasteiger charge is 2.45. The molecule has 2 aromatic rings. The third-order valence-electron chi connectivity index (χ3n) is 5.31. The van der Waals surface area contributed by atoms with Crippen LogP contribution in [0.3, 0.4) is 0 Å². The number of halogens is 1. The van der Waals surface area contributed by atoms with Gasteiger partial charge >= 0.3 is 0 Å². The number of nitrogens with zero attached hydrogens (tertiary/aromatic N) is 1. The van der Waals surface area contributed by atoms with Gasteiger partial charge in [-0.1, -0.05) is 49.4 Å². The number of amides is 2. The quantitative estimate of drug-likeness (QED) is 0.713. The molecule has 2 aromatic carbocycles. The lowest BCUT2D eigenvalue weighted by molar-refractivity contribution is -0.165. The van der Waals surface area contributed by atoms with Gasteiger partial charge in [0.25, 0.3) is 5.91 Å². The molecule has 1 saturated heterocycles. The summed E-state index contributed by atoms with van der Waals surface area (Å²) in [6.45, 7) is 6.69. The van der Waals surface area contributed by atoms with Crippen LogP contribution in [0.5, 0.6) is 0 Å². The van der Waals surface area contributed by atoms with Crippen LogP contribution in [0.25, 0.3) is 11.1 Å². The van der Waals surface area contributed by atoms with E-state index in [1.54, 1.807) is 30.0 Å². The summed E-state index contributed by atoms with van der Waals surface area (Å²) in [6.07, 6.45) is 2.27. The number of nitrogens with one attached hydrogen (secondary N) is 1. The maximum absolute atomic E-state index is 13.4. The van der Waals surface area contributed by atoms with Crippen molar-refractivity contribution in [3.63, 3.8) is 0 Å². The fourth-order valence-electron chi connectivity index (χ4n) is 3.76.